The van der Waals surface area contributed by atoms with Crippen molar-refractivity contribution in [3.63, 3.8) is 0 Å². The molecule has 0 spiro atoms. The maximum Gasteiger partial charge on any atom is 0.0927 e. The van der Waals surface area contributed by atoms with Crippen LogP contribution < -0.4 is 0 Å². The number of aliphatic hydroxyl groups is 2. The minimum absolute atomic E-state index is 0.265. The largest absolute Gasteiger partial charge is 0.387 e. The lowest BCUT2D eigenvalue weighted by atomic mass is 9.70. The smallest absolute Gasteiger partial charge is 0.0927 e. The van der Waals surface area contributed by atoms with E-state index < -0.39 is 11.2 Å². The minimum atomic E-state index is -0.991. The second-order valence-corrected chi connectivity index (χ2v) is 5.04. The Hall–Kier alpha value is -0.0800. The van der Waals surface area contributed by atoms with Crippen molar-refractivity contribution in [3.8, 4) is 0 Å². The zero-order valence-corrected chi connectivity index (χ0v) is 9.01. The van der Waals surface area contributed by atoms with Crippen molar-refractivity contribution in [2.24, 2.45) is 5.92 Å². The summed E-state index contributed by atoms with van der Waals surface area (Å²) in [6.45, 7) is 5.16. The molecule has 0 saturated heterocycles. The average Bonchev–Trinajstić information content (AvgIpc) is 2.04. The van der Waals surface area contributed by atoms with Gasteiger partial charge in [-0.1, -0.05) is 19.3 Å². The van der Waals surface area contributed by atoms with Crippen molar-refractivity contribution in [2.75, 3.05) is 0 Å². The van der Waals surface area contributed by atoms with E-state index in [4.69, 9.17) is 0 Å². The molecule has 0 unspecified atom stereocenters. The number of hydrogen-bond donors (Lipinski definition) is 2. The summed E-state index contributed by atoms with van der Waals surface area (Å²) in [7, 11) is 0. The molecule has 78 valence electrons. The summed E-state index contributed by atoms with van der Waals surface area (Å²) in [6.07, 6.45) is 5.76. The van der Waals surface area contributed by atoms with Crippen LogP contribution in [-0.2, 0) is 0 Å². The highest BCUT2D eigenvalue weighted by Crippen LogP contribution is 2.38. The van der Waals surface area contributed by atoms with Crippen LogP contribution in [0.5, 0.6) is 0 Å². The second-order valence-electron chi connectivity index (χ2n) is 5.04. The quantitative estimate of drug-likeness (QED) is 0.693. The van der Waals surface area contributed by atoms with Gasteiger partial charge in [-0.15, -0.1) is 0 Å². The van der Waals surface area contributed by atoms with E-state index in [1.165, 1.54) is 19.3 Å². The molecule has 0 bridgehead atoms. The van der Waals surface area contributed by atoms with Crippen molar-refractivity contribution >= 4 is 0 Å². The standard InChI is InChI=1S/C11H22O2/c1-10(2,12)11(3,13)9-7-5-4-6-8-9/h9,12-13H,4-8H2,1-3H3/t11-/m1/s1. The third kappa shape index (κ3) is 2.23. The molecule has 2 heteroatoms. The zero-order chi connectivity index (χ0) is 10.1. The molecule has 13 heavy (non-hydrogen) atoms. The fourth-order valence-corrected chi connectivity index (χ4v) is 2.16. The average molecular weight is 186 g/mol. The molecular weight excluding hydrogens is 164 g/mol. The Bertz CT molecular complexity index is 161. The summed E-state index contributed by atoms with van der Waals surface area (Å²) in [5, 5.41) is 20.1. The van der Waals surface area contributed by atoms with Crippen LogP contribution in [0.15, 0.2) is 0 Å². The van der Waals surface area contributed by atoms with E-state index >= 15 is 0 Å². The Morgan fingerprint density at radius 3 is 1.77 bits per heavy atom. The third-order valence-corrected chi connectivity index (χ3v) is 3.64. The molecule has 0 heterocycles. The summed E-state index contributed by atoms with van der Waals surface area (Å²) >= 11 is 0. The molecule has 1 saturated carbocycles. The van der Waals surface area contributed by atoms with Gasteiger partial charge in [0.25, 0.3) is 0 Å². The van der Waals surface area contributed by atoms with Crippen LogP contribution >= 0.6 is 0 Å². The molecule has 1 rings (SSSR count). The molecule has 0 aliphatic heterocycles. The maximum absolute atomic E-state index is 10.2. The van der Waals surface area contributed by atoms with Gasteiger partial charge in [-0.2, -0.15) is 0 Å². The minimum Gasteiger partial charge on any atom is -0.387 e. The number of rotatable bonds is 2. The van der Waals surface area contributed by atoms with Crippen LogP contribution in [0, 0.1) is 5.92 Å². The fourth-order valence-electron chi connectivity index (χ4n) is 2.16. The Labute approximate surface area is 81.0 Å². The van der Waals surface area contributed by atoms with E-state index in [-0.39, 0.29) is 5.92 Å². The van der Waals surface area contributed by atoms with E-state index in [1.807, 2.05) is 0 Å². The highest BCUT2D eigenvalue weighted by Gasteiger charge is 2.44. The van der Waals surface area contributed by atoms with Gasteiger partial charge in [0.2, 0.25) is 0 Å². The normalized spacial score (nSPS) is 25.6. The first-order valence-corrected chi connectivity index (χ1v) is 5.30. The van der Waals surface area contributed by atoms with Crippen LogP contribution in [0.3, 0.4) is 0 Å². The van der Waals surface area contributed by atoms with Crippen LogP contribution in [0.1, 0.15) is 52.9 Å². The van der Waals surface area contributed by atoms with E-state index in [0.717, 1.165) is 12.8 Å². The van der Waals surface area contributed by atoms with Crippen molar-refractivity contribution in [2.45, 2.75) is 64.1 Å². The predicted octanol–water partition coefficient (Wildman–Crippen LogP) is 2.09. The third-order valence-electron chi connectivity index (χ3n) is 3.64. The molecule has 0 radical (unpaired) electrons. The van der Waals surface area contributed by atoms with E-state index in [9.17, 15) is 10.2 Å². The molecule has 1 aliphatic carbocycles. The van der Waals surface area contributed by atoms with Crippen LogP contribution in [-0.4, -0.2) is 21.4 Å². The first-order chi connectivity index (χ1) is 5.86. The molecule has 0 aromatic heterocycles. The monoisotopic (exact) mass is 186 g/mol. The molecule has 1 fully saturated rings. The highest BCUT2D eigenvalue weighted by molar-refractivity contribution is 4.95. The van der Waals surface area contributed by atoms with Crippen molar-refractivity contribution < 1.29 is 10.2 Å². The van der Waals surface area contributed by atoms with Gasteiger partial charge < -0.3 is 10.2 Å². The van der Waals surface area contributed by atoms with Gasteiger partial charge in [-0.3, -0.25) is 0 Å². The van der Waals surface area contributed by atoms with Crippen LogP contribution in [0.25, 0.3) is 0 Å². The SMILES string of the molecule is CC(C)(O)[C@](C)(O)C1CCCCC1. The molecule has 2 N–H and O–H groups in total. The lowest BCUT2D eigenvalue weighted by Gasteiger charge is -2.43. The summed E-state index contributed by atoms with van der Waals surface area (Å²) in [5.74, 6) is 0.265. The Morgan fingerprint density at radius 1 is 0.923 bits per heavy atom. The Morgan fingerprint density at radius 2 is 1.38 bits per heavy atom. The van der Waals surface area contributed by atoms with Crippen molar-refractivity contribution in [3.05, 3.63) is 0 Å². The summed E-state index contributed by atoms with van der Waals surface area (Å²) in [6, 6.07) is 0. The first kappa shape index (κ1) is 11.0. The molecule has 0 amide bonds. The van der Waals surface area contributed by atoms with Crippen LogP contribution in [0.4, 0.5) is 0 Å². The molecule has 1 atom stereocenters. The van der Waals surface area contributed by atoms with Crippen molar-refractivity contribution in [1.82, 2.24) is 0 Å². The van der Waals surface area contributed by atoms with Gasteiger partial charge in [0.1, 0.15) is 0 Å². The van der Waals surface area contributed by atoms with E-state index in [2.05, 4.69) is 0 Å². The summed E-state index contributed by atoms with van der Waals surface area (Å²) in [5.41, 5.74) is -1.93. The summed E-state index contributed by atoms with van der Waals surface area (Å²) in [4.78, 5) is 0. The molecular formula is C11H22O2. The molecule has 2 nitrogen and oxygen atoms in total. The van der Waals surface area contributed by atoms with Gasteiger partial charge in [0, 0.05) is 0 Å². The lowest BCUT2D eigenvalue weighted by molar-refractivity contribution is -0.158. The second kappa shape index (κ2) is 3.58. The predicted molar refractivity (Wildman–Crippen MR) is 53.5 cm³/mol. The van der Waals surface area contributed by atoms with Gasteiger partial charge in [-0.05, 0) is 39.5 Å². The van der Waals surface area contributed by atoms with E-state index in [0.29, 0.717) is 0 Å². The lowest BCUT2D eigenvalue weighted by Crippen LogP contribution is -2.53. The van der Waals surface area contributed by atoms with E-state index in [1.54, 1.807) is 20.8 Å². The topological polar surface area (TPSA) is 40.5 Å². The molecule has 0 aromatic rings. The van der Waals surface area contributed by atoms with Crippen molar-refractivity contribution in [1.29, 1.82) is 0 Å². The fraction of sp³-hybridized carbons (Fsp3) is 1.00. The molecule has 1 aliphatic rings. The summed E-state index contributed by atoms with van der Waals surface area (Å²) < 4.78 is 0. The first-order valence-electron chi connectivity index (χ1n) is 5.30. The van der Waals surface area contributed by atoms with Gasteiger partial charge in [0.05, 0.1) is 11.2 Å². The van der Waals surface area contributed by atoms with Gasteiger partial charge >= 0.3 is 0 Å². The highest BCUT2D eigenvalue weighted by atomic mass is 16.4. The zero-order valence-electron chi connectivity index (χ0n) is 9.01. The number of hydrogen-bond acceptors (Lipinski definition) is 2. The van der Waals surface area contributed by atoms with Crippen LogP contribution in [0.2, 0.25) is 0 Å². The van der Waals surface area contributed by atoms with Gasteiger partial charge in [-0.25, -0.2) is 0 Å². The maximum atomic E-state index is 10.2. The van der Waals surface area contributed by atoms with Gasteiger partial charge in [0.15, 0.2) is 0 Å². The molecule has 0 aromatic carbocycles. The Balaban J connectivity index is 2.67. The Kier molecular flexibility index (Phi) is 3.03.